The molecule has 2 heterocycles. The van der Waals surface area contributed by atoms with Crippen molar-refractivity contribution in [2.45, 2.75) is 26.8 Å². The van der Waals surface area contributed by atoms with Gasteiger partial charge in [-0.2, -0.15) is 0 Å². The molecular weight excluding hydrogens is 380 g/mol. The quantitative estimate of drug-likeness (QED) is 0.215. The van der Waals surface area contributed by atoms with Crippen molar-refractivity contribution in [1.82, 2.24) is 15.3 Å². The van der Waals surface area contributed by atoms with Crippen LogP contribution >= 0.6 is 0 Å². The van der Waals surface area contributed by atoms with Crippen LogP contribution in [0.25, 0.3) is 0 Å². The second kappa shape index (κ2) is 9.04. The van der Waals surface area contributed by atoms with Gasteiger partial charge in [0.2, 0.25) is 0 Å². The third-order valence-corrected chi connectivity index (χ3v) is 4.79. The highest BCUT2D eigenvalue weighted by Crippen LogP contribution is 2.15. The molecular formula is C22H24N6O2. The number of anilines is 1. The lowest BCUT2D eigenvalue weighted by molar-refractivity contribution is 0.0950. The van der Waals surface area contributed by atoms with Crippen molar-refractivity contribution >= 4 is 17.6 Å². The van der Waals surface area contributed by atoms with E-state index in [1.807, 2.05) is 32.0 Å². The normalized spacial score (nSPS) is 11.3. The fraction of sp³-hybridized carbons (Fsp3) is 0.182. The topological polar surface area (TPSA) is 140 Å². The fourth-order valence-electron chi connectivity index (χ4n) is 3.25. The van der Waals surface area contributed by atoms with Gasteiger partial charge in [0.15, 0.2) is 5.84 Å². The number of rotatable bonds is 6. The summed E-state index contributed by atoms with van der Waals surface area (Å²) in [5.74, 6) is 0.315. The molecule has 8 nitrogen and oxygen atoms in total. The molecule has 0 spiro atoms. The van der Waals surface area contributed by atoms with Crippen LogP contribution in [0, 0.1) is 13.8 Å². The molecule has 2 aromatic heterocycles. The molecule has 0 aliphatic carbocycles. The van der Waals surface area contributed by atoms with Gasteiger partial charge >= 0.3 is 0 Å². The number of nitrogens with two attached hydrogens (primary N) is 2. The number of aromatic nitrogens is 2. The Hall–Kier alpha value is -3.94. The summed E-state index contributed by atoms with van der Waals surface area (Å²) in [6.07, 6.45) is 2.12. The molecule has 0 aliphatic heterocycles. The number of hydrogen-bond acceptors (Lipinski definition) is 6. The van der Waals surface area contributed by atoms with Crippen LogP contribution in [0.1, 0.15) is 44.0 Å². The molecule has 0 unspecified atom stereocenters. The molecule has 1 aromatic carbocycles. The summed E-state index contributed by atoms with van der Waals surface area (Å²) in [6.45, 7) is 4.18. The van der Waals surface area contributed by atoms with Crippen LogP contribution in [-0.4, -0.2) is 26.9 Å². The maximum absolute atomic E-state index is 12.7. The highest BCUT2D eigenvalue weighted by atomic mass is 16.4. The predicted octanol–water partition coefficient (Wildman–Crippen LogP) is 2.29. The average Bonchev–Trinajstić information content (AvgIpc) is 2.72. The summed E-state index contributed by atoms with van der Waals surface area (Å²) in [5.41, 5.74) is 17.0. The monoisotopic (exact) mass is 404 g/mol. The minimum Gasteiger partial charge on any atom is -0.409 e. The molecule has 154 valence electrons. The van der Waals surface area contributed by atoms with Crippen LogP contribution in [0.5, 0.6) is 0 Å². The molecule has 0 bridgehead atoms. The van der Waals surface area contributed by atoms with Crippen molar-refractivity contribution < 1.29 is 10.0 Å². The van der Waals surface area contributed by atoms with E-state index in [-0.39, 0.29) is 11.7 Å². The van der Waals surface area contributed by atoms with E-state index in [0.717, 1.165) is 28.1 Å². The minimum atomic E-state index is -0.195. The second-order valence-corrected chi connectivity index (χ2v) is 7.01. The van der Waals surface area contributed by atoms with Crippen LogP contribution in [0.15, 0.2) is 53.8 Å². The summed E-state index contributed by atoms with van der Waals surface area (Å²) in [6, 6.07) is 12.5. The Morgan fingerprint density at radius 3 is 2.70 bits per heavy atom. The summed E-state index contributed by atoms with van der Waals surface area (Å²) in [4.78, 5) is 21.3. The number of nitrogen functional groups attached to an aromatic ring is 1. The number of pyridine rings is 2. The van der Waals surface area contributed by atoms with E-state index in [1.165, 1.54) is 0 Å². The Morgan fingerprint density at radius 2 is 1.97 bits per heavy atom. The van der Waals surface area contributed by atoms with Crippen LogP contribution in [0.2, 0.25) is 0 Å². The Balaban J connectivity index is 1.72. The largest absolute Gasteiger partial charge is 0.409 e. The third-order valence-electron chi connectivity index (χ3n) is 4.79. The first-order valence-electron chi connectivity index (χ1n) is 9.40. The Labute approximate surface area is 174 Å². The van der Waals surface area contributed by atoms with Gasteiger partial charge in [-0.25, -0.2) is 4.98 Å². The highest BCUT2D eigenvalue weighted by Gasteiger charge is 2.11. The molecule has 0 aliphatic rings. The minimum absolute atomic E-state index is 0.0423. The number of aryl methyl sites for hydroxylation is 2. The number of amides is 1. The first-order valence-corrected chi connectivity index (χ1v) is 9.40. The fourth-order valence-corrected chi connectivity index (χ4v) is 3.25. The molecule has 0 saturated heterocycles. The van der Waals surface area contributed by atoms with Gasteiger partial charge in [0.1, 0.15) is 5.82 Å². The van der Waals surface area contributed by atoms with Crippen LogP contribution in [0.4, 0.5) is 5.82 Å². The Kier molecular flexibility index (Phi) is 6.26. The van der Waals surface area contributed by atoms with E-state index in [9.17, 15) is 4.79 Å². The van der Waals surface area contributed by atoms with Crippen molar-refractivity contribution in [3.8, 4) is 0 Å². The van der Waals surface area contributed by atoms with E-state index in [1.54, 1.807) is 30.5 Å². The van der Waals surface area contributed by atoms with Gasteiger partial charge in [0.25, 0.3) is 5.91 Å². The molecule has 8 heteroatoms. The molecule has 0 fully saturated rings. The lowest BCUT2D eigenvalue weighted by Crippen LogP contribution is -2.24. The standard InChI is InChI=1S/C22H24N6O2/c1-13-8-20(23)27-14(2)19(13)12-26-22(29)17-6-7-25-18(11-17)10-15-4-3-5-16(9-15)21(24)28-30/h3-9,11,30H,10,12H2,1-2H3,(H2,23,27)(H2,24,28)(H,26,29). The van der Waals surface area contributed by atoms with Crippen LogP contribution in [0.3, 0.4) is 0 Å². The van der Waals surface area contributed by atoms with Gasteiger partial charge in [-0.15, -0.1) is 0 Å². The van der Waals surface area contributed by atoms with E-state index >= 15 is 0 Å². The van der Waals surface area contributed by atoms with Gasteiger partial charge < -0.3 is 22.0 Å². The molecule has 3 aromatic rings. The number of nitrogens with one attached hydrogen (secondary N) is 1. The smallest absolute Gasteiger partial charge is 0.251 e. The molecule has 0 saturated carbocycles. The van der Waals surface area contributed by atoms with Gasteiger partial charge in [0.05, 0.1) is 0 Å². The predicted molar refractivity (Wildman–Crippen MR) is 115 cm³/mol. The van der Waals surface area contributed by atoms with E-state index < -0.39 is 0 Å². The number of carbonyl (C=O) groups excluding carboxylic acids is 1. The third kappa shape index (κ3) is 4.91. The lowest BCUT2D eigenvalue weighted by atomic mass is 10.0. The summed E-state index contributed by atoms with van der Waals surface area (Å²) >= 11 is 0. The average molecular weight is 404 g/mol. The van der Waals surface area contributed by atoms with Crippen LogP contribution < -0.4 is 16.8 Å². The summed E-state index contributed by atoms with van der Waals surface area (Å²) in [5, 5.41) is 14.8. The van der Waals surface area contributed by atoms with E-state index in [4.69, 9.17) is 16.7 Å². The zero-order valence-corrected chi connectivity index (χ0v) is 16.9. The van der Waals surface area contributed by atoms with Gasteiger partial charge in [-0.3, -0.25) is 9.78 Å². The first-order chi connectivity index (χ1) is 14.4. The van der Waals surface area contributed by atoms with Crippen molar-refractivity contribution in [1.29, 1.82) is 0 Å². The van der Waals surface area contributed by atoms with Crippen LogP contribution in [-0.2, 0) is 13.0 Å². The molecule has 6 N–H and O–H groups in total. The zero-order valence-electron chi connectivity index (χ0n) is 16.9. The van der Waals surface area contributed by atoms with E-state index in [2.05, 4.69) is 20.4 Å². The Morgan fingerprint density at radius 1 is 1.17 bits per heavy atom. The molecule has 0 radical (unpaired) electrons. The lowest BCUT2D eigenvalue weighted by Gasteiger charge is -2.12. The Bertz CT molecular complexity index is 1090. The van der Waals surface area contributed by atoms with Crippen molar-refractivity contribution in [3.05, 3.63) is 87.9 Å². The number of carbonyl (C=O) groups is 1. The zero-order chi connectivity index (χ0) is 21.7. The molecule has 3 rings (SSSR count). The summed E-state index contributed by atoms with van der Waals surface area (Å²) < 4.78 is 0. The van der Waals surface area contributed by atoms with Crippen molar-refractivity contribution in [3.63, 3.8) is 0 Å². The highest BCUT2D eigenvalue weighted by molar-refractivity contribution is 5.97. The molecule has 0 atom stereocenters. The first kappa shape index (κ1) is 20.8. The maximum Gasteiger partial charge on any atom is 0.251 e. The number of oxime groups is 1. The van der Waals surface area contributed by atoms with Gasteiger partial charge in [-0.05, 0) is 54.8 Å². The second-order valence-electron chi connectivity index (χ2n) is 7.01. The van der Waals surface area contributed by atoms with E-state index in [0.29, 0.717) is 29.9 Å². The van der Waals surface area contributed by atoms with Crippen molar-refractivity contribution in [2.24, 2.45) is 10.9 Å². The number of amidine groups is 1. The SMILES string of the molecule is Cc1cc(N)nc(C)c1CNC(=O)c1ccnc(Cc2cccc(/C(N)=N/O)c2)c1. The molecule has 1 amide bonds. The number of nitrogens with zero attached hydrogens (tertiary/aromatic N) is 3. The number of benzene rings is 1. The summed E-state index contributed by atoms with van der Waals surface area (Å²) in [7, 11) is 0. The molecule has 30 heavy (non-hydrogen) atoms. The number of hydrogen-bond donors (Lipinski definition) is 4. The maximum atomic E-state index is 12.7. The van der Waals surface area contributed by atoms with Gasteiger partial charge in [0, 0.05) is 41.7 Å². The van der Waals surface area contributed by atoms with Gasteiger partial charge in [-0.1, -0.05) is 23.4 Å². The van der Waals surface area contributed by atoms with Crippen molar-refractivity contribution in [2.75, 3.05) is 5.73 Å².